The van der Waals surface area contributed by atoms with E-state index in [1.807, 2.05) is 6.92 Å². The van der Waals surface area contributed by atoms with E-state index in [4.69, 9.17) is 0 Å². The van der Waals surface area contributed by atoms with Crippen molar-refractivity contribution in [3.8, 4) is 0 Å². The molecule has 0 aliphatic carbocycles. The first kappa shape index (κ1) is 19.5. The first-order chi connectivity index (χ1) is 13.3. The molecule has 146 valence electrons. The predicted molar refractivity (Wildman–Crippen MR) is 105 cm³/mol. The molecule has 1 heterocycles. The Bertz CT molecular complexity index is 1080. The number of para-hydroxylation sites is 2. The van der Waals surface area contributed by atoms with Gasteiger partial charge in [0.1, 0.15) is 5.69 Å². The predicted octanol–water partition coefficient (Wildman–Crippen LogP) is 2.69. The summed E-state index contributed by atoms with van der Waals surface area (Å²) in [5.41, 5.74) is 1.12. The molecule has 28 heavy (non-hydrogen) atoms. The summed E-state index contributed by atoms with van der Waals surface area (Å²) in [5, 5.41) is 16.5. The van der Waals surface area contributed by atoms with Gasteiger partial charge in [-0.1, -0.05) is 19.1 Å². The van der Waals surface area contributed by atoms with Crippen LogP contribution in [0.2, 0.25) is 0 Å². The number of carbonyl (C=O) groups is 1. The summed E-state index contributed by atoms with van der Waals surface area (Å²) in [6, 6.07) is 10.3. The molecule has 0 saturated heterocycles. The summed E-state index contributed by atoms with van der Waals surface area (Å²) in [6.45, 7) is 2.15. The van der Waals surface area contributed by atoms with Crippen LogP contribution in [0.5, 0.6) is 0 Å². The van der Waals surface area contributed by atoms with Crippen LogP contribution in [0.3, 0.4) is 0 Å². The molecule has 1 aliphatic rings. The number of anilines is 2. The Hall–Kier alpha value is -3.24. The fraction of sp³-hybridized carbons (Fsp3) is 0.167. The van der Waals surface area contributed by atoms with Gasteiger partial charge in [-0.15, -0.1) is 0 Å². The summed E-state index contributed by atoms with van der Waals surface area (Å²) in [6.07, 6.45) is 1.98. The third kappa shape index (κ3) is 3.87. The molecule has 1 aliphatic heterocycles. The molecule has 0 bridgehead atoms. The number of nitro groups is 1. The number of fused-ring (bicyclic) bond motifs is 1. The fourth-order valence-electron chi connectivity index (χ4n) is 2.70. The number of nitrogens with zero attached hydrogens (tertiary/aromatic N) is 1. The van der Waals surface area contributed by atoms with Gasteiger partial charge in [-0.3, -0.25) is 14.9 Å². The van der Waals surface area contributed by atoms with Crippen molar-refractivity contribution in [1.82, 2.24) is 4.72 Å². The third-order valence-electron chi connectivity index (χ3n) is 4.10. The lowest BCUT2D eigenvalue weighted by Crippen LogP contribution is -2.24. The molecule has 1 amide bonds. The van der Waals surface area contributed by atoms with E-state index >= 15 is 0 Å². The normalized spacial score (nSPS) is 14.6. The van der Waals surface area contributed by atoms with E-state index in [0.29, 0.717) is 24.2 Å². The molecule has 10 heteroatoms. The van der Waals surface area contributed by atoms with Crippen LogP contribution < -0.4 is 15.4 Å². The summed E-state index contributed by atoms with van der Waals surface area (Å²) in [5.74, 6) is -0.433. The van der Waals surface area contributed by atoms with Gasteiger partial charge in [0.15, 0.2) is 0 Å². The Kier molecular flexibility index (Phi) is 5.43. The molecular weight excluding hydrogens is 384 g/mol. The second kappa shape index (κ2) is 7.79. The summed E-state index contributed by atoms with van der Waals surface area (Å²) < 4.78 is 27.2. The standard InChI is InChI=1S/C18H18N4O5S/c1-2-9-20-28(26,27)12-7-8-15-13(10-12)14(18(23)21-15)11-19-16-5-3-4-6-17(16)22(24)25/h3-8,10-11,19-20H,2,9H2,1H3,(H,21,23). The molecule has 2 aromatic rings. The Morgan fingerprint density at radius 1 is 1.21 bits per heavy atom. The number of carbonyl (C=O) groups excluding carboxylic acids is 1. The number of benzene rings is 2. The molecule has 0 fully saturated rings. The highest BCUT2D eigenvalue weighted by Gasteiger charge is 2.27. The number of rotatable bonds is 7. The fourth-order valence-corrected chi connectivity index (χ4v) is 3.86. The van der Waals surface area contributed by atoms with E-state index in [0.717, 1.165) is 0 Å². The quantitative estimate of drug-likeness (QED) is 0.371. The van der Waals surface area contributed by atoms with E-state index in [9.17, 15) is 23.3 Å². The van der Waals surface area contributed by atoms with Crippen LogP contribution in [0.25, 0.3) is 5.57 Å². The average Bonchev–Trinajstić information content (AvgIpc) is 2.99. The van der Waals surface area contributed by atoms with Crippen molar-refractivity contribution in [2.75, 3.05) is 17.2 Å². The molecule has 0 atom stereocenters. The van der Waals surface area contributed by atoms with E-state index in [-0.39, 0.29) is 21.8 Å². The van der Waals surface area contributed by atoms with Crippen molar-refractivity contribution in [2.45, 2.75) is 18.2 Å². The highest BCUT2D eigenvalue weighted by molar-refractivity contribution is 7.89. The zero-order valence-electron chi connectivity index (χ0n) is 14.9. The molecule has 0 spiro atoms. The second-order valence-corrected chi connectivity index (χ2v) is 7.80. The number of hydrogen-bond donors (Lipinski definition) is 3. The minimum atomic E-state index is -3.70. The van der Waals surface area contributed by atoms with Gasteiger partial charge in [0.25, 0.3) is 11.6 Å². The zero-order chi connectivity index (χ0) is 20.3. The smallest absolute Gasteiger partial charge is 0.292 e. The second-order valence-electron chi connectivity index (χ2n) is 6.04. The van der Waals surface area contributed by atoms with Crippen molar-refractivity contribution in [3.05, 3.63) is 64.3 Å². The number of amides is 1. The highest BCUT2D eigenvalue weighted by atomic mass is 32.2. The van der Waals surface area contributed by atoms with Gasteiger partial charge in [0, 0.05) is 30.1 Å². The topological polar surface area (TPSA) is 130 Å². The molecule has 9 nitrogen and oxygen atoms in total. The third-order valence-corrected chi connectivity index (χ3v) is 5.56. The molecular formula is C18H18N4O5S. The Balaban J connectivity index is 1.96. The first-order valence-electron chi connectivity index (χ1n) is 8.49. The van der Waals surface area contributed by atoms with Crippen molar-refractivity contribution in [1.29, 1.82) is 0 Å². The van der Waals surface area contributed by atoms with Gasteiger partial charge < -0.3 is 10.6 Å². The van der Waals surface area contributed by atoms with Gasteiger partial charge >= 0.3 is 0 Å². The van der Waals surface area contributed by atoms with Crippen LogP contribution in [0.1, 0.15) is 18.9 Å². The van der Waals surface area contributed by atoms with E-state index in [1.165, 1.54) is 42.6 Å². The molecule has 3 N–H and O–H groups in total. The van der Waals surface area contributed by atoms with Gasteiger partial charge in [0.2, 0.25) is 10.0 Å². The van der Waals surface area contributed by atoms with Gasteiger partial charge in [-0.25, -0.2) is 13.1 Å². The molecule has 0 saturated carbocycles. The maximum Gasteiger partial charge on any atom is 0.292 e. The average molecular weight is 402 g/mol. The SMILES string of the molecule is CCCNS(=O)(=O)c1ccc2c(c1)C(=CNc1ccccc1[N+](=O)[O-])C(=O)N2. The van der Waals surface area contributed by atoms with Crippen LogP contribution in [0, 0.1) is 10.1 Å². The molecule has 0 unspecified atom stereocenters. The van der Waals surface area contributed by atoms with Crippen molar-refractivity contribution >= 4 is 38.6 Å². The van der Waals surface area contributed by atoms with Crippen LogP contribution in [0.15, 0.2) is 53.6 Å². The van der Waals surface area contributed by atoms with E-state index < -0.39 is 20.9 Å². The highest BCUT2D eigenvalue weighted by Crippen LogP contribution is 2.34. The maximum absolute atomic E-state index is 12.4. The largest absolute Gasteiger partial charge is 0.355 e. The van der Waals surface area contributed by atoms with Crippen molar-refractivity contribution in [2.24, 2.45) is 0 Å². The number of sulfonamides is 1. The van der Waals surface area contributed by atoms with Crippen molar-refractivity contribution in [3.63, 3.8) is 0 Å². The van der Waals surface area contributed by atoms with Crippen LogP contribution in [0.4, 0.5) is 17.1 Å². The van der Waals surface area contributed by atoms with Gasteiger partial charge in [0.05, 0.1) is 15.4 Å². The molecule has 2 aromatic carbocycles. The van der Waals surface area contributed by atoms with E-state index in [1.54, 1.807) is 6.07 Å². The zero-order valence-corrected chi connectivity index (χ0v) is 15.7. The monoisotopic (exact) mass is 402 g/mol. The maximum atomic E-state index is 12.4. The van der Waals surface area contributed by atoms with Crippen LogP contribution in [-0.4, -0.2) is 25.8 Å². The Morgan fingerprint density at radius 2 is 1.96 bits per heavy atom. The minimum Gasteiger partial charge on any atom is -0.355 e. The molecule has 0 radical (unpaired) electrons. The minimum absolute atomic E-state index is 0.0350. The summed E-state index contributed by atoms with van der Waals surface area (Å²) in [4.78, 5) is 22.9. The van der Waals surface area contributed by atoms with Crippen LogP contribution >= 0.6 is 0 Å². The lowest BCUT2D eigenvalue weighted by molar-refractivity contribution is -0.383. The van der Waals surface area contributed by atoms with Crippen LogP contribution in [-0.2, 0) is 14.8 Å². The lowest BCUT2D eigenvalue weighted by Gasteiger charge is -2.08. The number of nitro benzene ring substituents is 1. The first-order valence-corrected chi connectivity index (χ1v) is 9.97. The Morgan fingerprint density at radius 3 is 2.68 bits per heavy atom. The Labute approximate surface area is 161 Å². The summed E-state index contributed by atoms with van der Waals surface area (Å²) >= 11 is 0. The molecule has 0 aromatic heterocycles. The van der Waals surface area contributed by atoms with Crippen molar-refractivity contribution < 1.29 is 18.1 Å². The number of hydrogen-bond acceptors (Lipinski definition) is 6. The number of nitrogens with one attached hydrogen (secondary N) is 3. The van der Waals surface area contributed by atoms with Gasteiger partial charge in [-0.05, 0) is 30.7 Å². The molecule has 3 rings (SSSR count). The van der Waals surface area contributed by atoms with E-state index in [2.05, 4.69) is 15.4 Å². The summed E-state index contributed by atoms with van der Waals surface area (Å²) in [7, 11) is -3.70. The lowest BCUT2D eigenvalue weighted by atomic mass is 10.1. The van der Waals surface area contributed by atoms with Gasteiger partial charge in [-0.2, -0.15) is 0 Å².